The molecule has 2 heterocycles. The second-order valence-corrected chi connectivity index (χ2v) is 6.79. The number of thioether (sulfide) groups is 1. The summed E-state index contributed by atoms with van der Waals surface area (Å²) >= 11 is 1.31. The van der Waals surface area contributed by atoms with E-state index < -0.39 is 0 Å². The van der Waals surface area contributed by atoms with Crippen molar-refractivity contribution in [1.82, 2.24) is 35.3 Å². The van der Waals surface area contributed by atoms with Crippen LogP contribution in [0.5, 0.6) is 0 Å². The van der Waals surface area contributed by atoms with Crippen molar-refractivity contribution in [1.29, 1.82) is 0 Å². The molecule has 0 bridgehead atoms. The summed E-state index contributed by atoms with van der Waals surface area (Å²) < 4.78 is 3.59. The van der Waals surface area contributed by atoms with Crippen LogP contribution in [0.1, 0.15) is 17.8 Å². The monoisotopic (exact) mass is 371 g/mol. The molecule has 0 fully saturated rings. The molecule has 8 nitrogen and oxygen atoms in total. The Morgan fingerprint density at radius 1 is 1.23 bits per heavy atom. The lowest BCUT2D eigenvalue weighted by atomic mass is 10.3. The molecule has 1 aromatic carbocycles. The number of aryl methyl sites for hydroxylation is 3. The van der Waals surface area contributed by atoms with Gasteiger partial charge in [0.05, 0.1) is 17.1 Å². The minimum Gasteiger partial charge on any atom is -0.355 e. The summed E-state index contributed by atoms with van der Waals surface area (Å²) in [5, 5.41) is 19.6. The van der Waals surface area contributed by atoms with Gasteiger partial charge in [0.25, 0.3) is 0 Å². The van der Waals surface area contributed by atoms with Gasteiger partial charge in [-0.1, -0.05) is 30.0 Å². The summed E-state index contributed by atoms with van der Waals surface area (Å²) in [6, 6.07) is 11.6. The number of para-hydroxylation sites is 1. The summed E-state index contributed by atoms with van der Waals surface area (Å²) in [5.41, 5.74) is 3.02. The second-order valence-electron chi connectivity index (χ2n) is 5.85. The van der Waals surface area contributed by atoms with Crippen molar-refractivity contribution < 1.29 is 4.79 Å². The third-order valence-electron chi connectivity index (χ3n) is 3.75. The van der Waals surface area contributed by atoms with Gasteiger partial charge in [0.15, 0.2) is 0 Å². The number of tetrazole rings is 1. The van der Waals surface area contributed by atoms with Crippen LogP contribution in [0, 0.1) is 13.8 Å². The molecular weight excluding hydrogens is 350 g/mol. The zero-order chi connectivity index (χ0) is 18.4. The van der Waals surface area contributed by atoms with E-state index in [1.165, 1.54) is 11.8 Å². The quantitative estimate of drug-likeness (QED) is 0.479. The molecular formula is C17H21N7OS. The Labute approximate surface area is 156 Å². The third kappa shape index (κ3) is 4.69. The first-order valence-electron chi connectivity index (χ1n) is 8.38. The van der Waals surface area contributed by atoms with Crippen LogP contribution in [0.15, 0.2) is 41.6 Å². The Hall–Kier alpha value is -2.68. The molecule has 3 rings (SSSR count). The molecule has 2 aromatic heterocycles. The van der Waals surface area contributed by atoms with Gasteiger partial charge in [0.2, 0.25) is 11.1 Å². The van der Waals surface area contributed by atoms with E-state index >= 15 is 0 Å². The topological polar surface area (TPSA) is 90.5 Å². The number of nitrogens with one attached hydrogen (secondary N) is 1. The standard InChI is InChI=1S/C17H21N7OS/c1-13-11-14(2)23(20-13)10-6-9-18-16(25)12-26-17-19-21-22-24(17)15-7-4-3-5-8-15/h3-5,7-8,11H,6,9-10,12H2,1-2H3,(H,18,25). The Bertz CT molecular complexity index is 859. The van der Waals surface area contributed by atoms with Gasteiger partial charge in [0.1, 0.15) is 0 Å². The first kappa shape index (κ1) is 18.1. The van der Waals surface area contributed by atoms with Crippen LogP contribution in [0.4, 0.5) is 0 Å². The SMILES string of the molecule is Cc1cc(C)n(CCCNC(=O)CSc2nnnn2-c2ccccc2)n1. The van der Waals surface area contributed by atoms with E-state index in [4.69, 9.17) is 0 Å². The van der Waals surface area contributed by atoms with E-state index in [2.05, 4.69) is 25.9 Å². The van der Waals surface area contributed by atoms with Gasteiger partial charge in [-0.3, -0.25) is 9.48 Å². The van der Waals surface area contributed by atoms with Crippen LogP contribution in [0.25, 0.3) is 5.69 Å². The molecule has 3 aromatic rings. The molecule has 0 unspecified atom stereocenters. The van der Waals surface area contributed by atoms with Gasteiger partial charge in [-0.25, -0.2) is 0 Å². The highest BCUT2D eigenvalue weighted by Gasteiger charge is 2.11. The number of carbonyl (C=O) groups is 1. The molecule has 0 aliphatic carbocycles. The Morgan fingerprint density at radius 3 is 2.77 bits per heavy atom. The summed E-state index contributed by atoms with van der Waals surface area (Å²) in [7, 11) is 0. The Morgan fingerprint density at radius 2 is 2.04 bits per heavy atom. The number of rotatable bonds is 8. The summed E-state index contributed by atoms with van der Waals surface area (Å²) in [6.45, 7) is 5.42. The largest absolute Gasteiger partial charge is 0.355 e. The van der Waals surface area contributed by atoms with Gasteiger partial charge in [-0.05, 0) is 48.9 Å². The highest BCUT2D eigenvalue weighted by Crippen LogP contribution is 2.17. The number of benzene rings is 1. The lowest BCUT2D eigenvalue weighted by Gasteiger charge is -2.07. The average molecular weight is 371 g/mol. The maximum Gasteiger partial charge on any atom is 0.230 e. The maximum absolute atomic E-state index is 12.0. The molecule has 0 radical (unpaired) electrons. The lowest BCUT2D eigenvalue weighted by Crippen LogP contribution is -2.27. The van der Waals surface area contributed by atoms with Crippen LogP contribution < -0.4 is 5.32 Å². The van der Waals surface area contributed by atoms with Gasteiger partial charge in [-0.15, -0.1) is 5.10 Å². The molecule has 26 heavy (non-hydrogen) atoms. The van der Waals surface area contributed by atoms with Crippen molar-refractivity contribution in [3.05, 3.63) is 47.8 Å². The number of aromatic nitrogens is 6. The smallest absolute Gasteiger partial charge is 0.230 e. The molecule has 9 heteroatoms. The number of nitrogens with zero attached hydrogens (tertiary/aromatic N) is 6. The summed E-state index contributed by atoms with van der Waals surface area (Å²) in [4.78, 5) is 12.0. The highest BCUT2D eigenvalue weighted by atomic mass is 32.2. The third-order valence-corrected chi connectivity index (χ3v) is 4.67. The van der Waals surface area contributed by atoms with Gasteiger partial charge in [0, 0.05) is 18.8 Å². The second kappa shape index (κ2) is 8.61. The number of hydrogen-bond donors (Lipinski definition) is 1. The minimum atomic E-state index is -0.0361. The Balaban J connectivity index is 1.42. The van der Waals surface area contributed by atoms with Crippen molar-refractivity contribution in [2.45, 2.75) is 32.0 Å². The maximum atomic E-state index is 12.0. The van der Waals surface area contributed by atoms with E-state index in [1.54, 1.807) is 4.68 Å². The van der Waals surface area contributed by atoms with E-state index in [0.29, 0.717) is 11.7 Å². The average Bonchev–Trinajstić information content (AvgIpc) is 3.23. The fourth-order valence-electron chi connectivity index (χ4n) is 2.54. The first-order chi connectivity index (χ1) is 12.6. The molecule has 1 amide bonds. The van der Waals surface area contributed by atoms with E-state index in [0.717, 1.165) is 30.0 Å². The molecule has 0 spiro atoms. The van der Waals surface area contributed by atoms with Crippen LogP contribution in [-0.2, 0) is 11.3 Å². The minimum absolute atomic E-state index is 0.0361. The van der Waals surface area contributed by atoms with Crippen molar-refractivity contribution >= 4 is 17.7 Å². The lowest BCUT2D eigenvalue weighted by molar-refractivity contribution is -0.118. The van der Waals surface area contributed by atoms with Gasteiger partial charge in [-0.2, -0.15) is 9.78 Å². The van der Waals surface area contributed by atoms with E-state index in [1.807, 2.05) is 54.9 Å². The zero-order valence-electron chi connectivity index (χ0n) is 14.8. The fraction of sp³-hybridized carbons (Fsp3) is 0.353. The summed E-state index contributed by atoms with van der Waals surface area (Å²) in [5.74, 6) is 0.235. The van der Waals surface area contributed by atoms with Crippen LogP contribution in [-0.4, -0.2) is 48.2 Å². The van der Waals surface area contributed by atoms with E-state index in [9.17, 15) is 4.79 Å². The molecule has 0 aliphatic rings. The van der Waals surface area contributed by atoms with Crippen molar-refractivity contribution in [3.8, 4) is 5.69 Å². The number of amides is 1. The van der Waals surface area contributed by atoms with Gasteiger partial charge < -0.3 is 5.32 Å². The molecule has 136 valence electrons. The van der Waals surface area contributed by atoms with Crippen LogP contribution >= 0.6 is 11.8 Å². The van der Waals surface area contributed by atoms with Crippen molar-refractivity contribution in [2.24, 2.45) is 0 Å². The van der Waals surface area contributed by atoms with Gasteiger partial charge >= 0.3 is 0 Å². The fourth-order valence-corrected chi connectivity index (χ4v) is 3.26. The highest BCUT2D eigenvalue weighted by molar-refractivity contribution is 7.99. The van der Waals surface area contributed by atoms with E-state index in [-0.39, 0.29) is 11.7 Å². The molecule has 0 saturated carbocycles. The zero-order valence-corrected chi connectivity index (χ0v) is 15.6. The van der Waals surface area contributed by atoms with Crippen LogP contribution in [0.2, 0.25) is 0 Å². The summed E-state index contributed by atoms with van der Waals surface area (Å²) in [6.07, 6.45) is 0.833. The Kier molecular flexibility index (Phi) is 6.00. The first-order valence-corrected chi connectivity index (χ1v) is 9.36. The predicted molar refractivity (Wildman–Crippen MR) is 99.2 cm³/mol. The number of carbonyl (C=O) groups excluding carboxylic acids is 1. The van der Waals surface area contributed by atoms with Crippen molar-refractivity contribution in [2.75, 3.05) is 12.3 Å². The van der Waals surface area contributed by atoms with Crippen LogP contribution in [0.3, 0.4) is 0 Å². The molecule has 0 aliphatic heterocycles. The molecule has 1 N–H and O–H groups in total. The number of hydrogen-bond acceptors (Lipinski definition) is 6. The normalized spacial score (nSPS) is 10.8. The predicted octanol–water partition coefficient (Wildman–Crippen LogP) is 1.77. The molecule has 0 atom stereocenters. The molecule has 0 saturated heterocycles. The van der Waals surface area contributed by atoms with Crippen molar-refractivity contribution in [3.63, 3.8) is 0 Å².